The monoisotopic (exact) mass is 262 g/mol. The van der Waals surface area contributed by atoms with Gasteiger partial charge in [-0.05, 0) is 24.5 Å². The highest BCUT2D eigenvalue weighted by atomic mass is 32.2. The fraction of sp³-hybridized carbons (Fsp3) is 0.385. The molecular weight excluding hydrogens is 248 g/mol. The highest BCUT2D eigenvalue weighted by Crippen LogP contribution is 2.42. The summed E-state index contributed by atoms with van der Waals surface area (Å²) < 4.78 is 0. The first-order chi connectivity index (χ1) is 8.74. The van der Waals surface area contributed by atoms with Crippen LogP contribution < -0.4 is 5.32 Å². The van der Waals surface area contributed by atoms with Gasteiger partial charge in [0, 0.05) is 28.8 Å². The molecule has 1 heterocycles. The van der Waals surface area contributed by atoms with Crippen LogP contribution in [0.3, 0.4) is 0 Å². The van der Waals surface area contributed by atoms with Crippen LogP contribution in [0, 0.1) is 10.1 Å². The summed E-state index contributed by atoms with van der Waals surface area (Å²) in [6.45, 7) is 0.834. The molecule has 4 nitrogen and oxygen atoms in total. The lowest BCUT2D eigenvalue weighted by Gasteiger charge is -2.14. The van der Waals surface area contributed by atoms with Crippen molar-refractivity contribution >= 4 is 17.4 Å². The predicted octanol–water partition coefficient (Wildman–Crippen LogP) is 3.05. The molecule has 1 saturated carbocycles. The summed E-state index contributed by atoms with van der Waals surface area (Å²) in [7, 11) is 0. The molecule has 0 radical (unpaired) electrons. The van der Waals surface area contributed by atoms with Crippen molar-refractivity contribution in [2.75, 3.05) is 6.54 Å². The molecule has 1 fully saturated rings. The van der Waals surface area contributed by atoms with E-state index in [2.05, 4.69) is 17.5 Å². The van der Waals surface area contributed by atoms with Crippen LogP contribution in [0.15, 0.2) is 35.2 Å². The van der Waals surface area contributed by atoms with Crippen molar-refractivity contribution < 1.29 is 4.92 Å². The Balaban J connectivity index is 1.95. The second-order valence-corrected chi connectivity index (χ2v) is 5.95. The number of nitrogens with one attached hydrogen (secondary N) is 1. The third-order valence-corrected chi connectivity index (χ3v) is 4.57. The van der Waals surface area contributed by atoms with Crippen molar-refractivity contribution in [3.8, 4) is 0 Å². The standard InChI is InChI=1S/C13H14N2O2S/c16-15(17)9-3-6-13(18-10-4-5-10)11(8-9)12-2-1-7-14-12/h1-3,6,8,10,12,14H,4-5,7H2. The summed E-state index contributed by atoms with van der Waals surface area (Å²) in [4.78, 5) is 11.7. The Morgan fingerprint density at radius 1 is 1.39 bits per heavy atom. The van der Waals surface area contributed by atoms with Gasteiger partial charge in [-0.25, -0.2) is 0 Å². The van der Waals surface area contributed by atoms with Gasteiger partial charge in [-0.1, -0.05) is 12.2 Å². The van der Waals surface area contributed by atoms with Crippen LogP contribution in [0.4, 0.5) is 5.69 Å². The highest BCUT2D eigenvalue weighted by Gasteiger charge is 2.26. The molecule has 5 heteroatoms. The van der Waals surface area contributed by atoms with Crippen molar-refractivity contribution in [2.24, 2.45) is 0 Å². The predicted molar refractivity (Wildman–Crippen MR) is 71.9 cm³/mol. The fourth-order valence-electron chi connectivity index (χ4n) is 2.05. The lowest BCUT2D eigenvalue weighted by molar-refractivity contribution is -0.385. The summed E-state index contributed by atoms with van der Waals surface area (Å²) in [5, 5.41) is 14.9. The van der Waals surface area contributed by atoms with Crippen LogP contribution >= 0.6 is 11.8 Å². The SMILES string of the molecule is O=[N+]([O-])c1ccc(SC2CC2)c(C2C=CCN2)c1. The molecule has 0 spiro atoms. The summed E-state index contributed by atoms with van der Waals surface area (Å²) in [5.41, 5.74) is 1.21. The quantitative estimate of drug-likeness (QED) is 0.515. The fourth-order valence-corrected chi connectivity index (χ4v) is 3.25. The maximum absolute atomic E-state index is 10.9. The molecule has 0 saturated heterocycles. The smallest absolute Gasteiger partial charge is 0.269 e. The number of hydrogen-bond donors (Lipinski definition) is 1. The molecule has 1 unspecified atom stereocenters. The molecule has 18 heavy (non-hydrogen) atoms. The van der Waals surface area contributed by atoms with Gasteiger partial charge >= 0.3 is 0 Å². The van der Waals surface area contributed by atoms with E-state index in [1.807, 2.05) is 17.8 Å². The van der Waals surface area contributed by atoms with Gasteiger partial charge in [-0.15, -0.1) is 11.8 Å². The zero-order valence-corrected chi connectivity index (χ0v) is 10.7. The Morgan fingerprint density at radius 3 is 2.83 bits per heavy atom. The Hall–Kier alpha value is -1.33. The van der Waals surface area contributed by atoms with Crippen LogP contribution in [0.5, 0.6) is 0 Å². The normalized spacial score (nSPS) is 22.3. The average Bonchev–Trinajstić information content (AvgIpc) is 3.01. The molecule has 3 rings (SSSR count). The minimum Gasteiger partial charge on any atom is -0.303 e. The van der Waals surface area contributed by atoms with E-state index in [-0.39, 0.29) is 16.7 Å². The van der Waals surface area contributed by atoms with E-state index in [1.165, 1.54) is 17.7 Å². The minimum atomic E-state index is -0.326. The summed E-state index contributed by atoms with van der Waals surface area (Å²) in [6.07, 6.45) is 6.66. The Labute approximate surface area is 110 Å². The van der Waals surface area contributed by atoms with Gasteiger partial charge in [0.2, 0.25) is 0 Å². The summed E-state index contributed by atoms with van der Waals surface area (Å²) in [6, 6.07) is 5.32. The topological polar surface area (TPSA) is 55.2 Å². The van der Waals surface area contributed by atoms with Crippen molar-refractivity contribution in [2.45, 2.75) is 29.0 Å². The molecule has 0 amide bonds. The minimum absolute atomic E-state index is 0.117. The molecule has 0 bridgehead atoms. The first-order valence-electron chi connectivity index (χ1n) is 6.09. The zero-order valence-electron chi connectivity index (χ0n) is 9.83. The Morgan fingerprint density at radius 2 is 2.22 bits per heavy atom. The molecule has 1 N–H and O–H groups in total. The highest BCUT2D eigenvalue weighted by molar-refractivity contribution is 8.00. The lowest BCUT2D eigenvalue weighted by Crippen LogP contribution is -2.14. The van der Waals surface area contributed by atoms with E-state index in [4.69, 9.17) is 0 Å². The van der Waals surface area contributed by atoms with Gasteiger partial charge < -0.3 is 5.32 Å². The lowest BCUT2D eigenvalue weighted by atomic mass is 10.1. The zero-order chi connectivity index (χ0) is 12.5. The number of nitro benzene ring substituents is 1. The maximum Gasteiger partial charge on any atom is 0.269 e. The molecule has 1 atom stereocenters. The summed E-state index contributed by atoms with van der Waals surface area (Å²) >= 11 is 1.85. The van der Waals surface area contributed by atoms with E-state index in [0.29, 0.717) is 5.25 Å². The van der Waals surface area contributed by atoms with Gasteiger partial charge in [0.25, 0.3) is 5.69 Å². The van der Waals surface area contributed by atoms with E-state index in [9.17, 15) is 10.1 Å². The van der Waals surface area contributed by atoms with Gasteiger partial charge in [0.05, 0.1) is 11.0 Å². The van der Waals surface area contributed by atoms with E-state index in [1.54, 1.807) is 12.1 Å². The first kappa shape index (κ1) is 11.7. The van der Waals surface area contributed by atoms with E-state index in [0.717, 1.165) is 12.1 Å². The van der Waals surface area contributed by atoms with E-state index < -0.39 is 0 Å². The third kappa shape index (κ3) is 2.42. The van der Waals surface area contributed by atoms with Gasteiger partial charge in [-0.2, -0.15) is 0 Å². The number of rotatable bonds is 4. The van der Waals surface area contributed by atoms with Crippen LogP contribution in [-0.2, 0) is 0 Å². The molecule has 94 valence electrons. The van der Waals surface area contributed by atoms with Crippen molar-refractivity contribution in [3.63, 3.8) is 0 Å². The Bertz CT molecular complexity index is 512. The second-order valence-electron chi connectivity index (χ2n) is 4.61. The molecule has 1 aliphatic carbocycles. The van der Waals surface area contributed by atoms with Crippen LogP contribution in [0.1, 0.15) is 24.4 Å². The molecular formula is C13H14N2O2S. The van der Waals surface area contributed by atoms with Crippen LogP contribution in [-0.4, -0.2) is 16.7 Å². The van der Waals surface area contributed by atoms with Crippen molar-refractivity contribution in [1.29, 1.82) is 0 Å². The summed E-state index contributed by atoms with van der Waals surface area (Å²) in [5.74, 6) is 0. The maximum atomic E-state index is 10.9. The van der Waals surface area contributed by atoms with Crippen molar-refractivity contribution in [1.82, 2.24) is 5.32 Å². The van der Waals surface area contributed by atoms with Crippen LogP contribution in [0.25, 0.3) is 0 Å². The third-order valence-electron chi connectivity index (χ3n) is 3.14. The van der Waals surface area contributed by atoms with Crippen molar-refractivity contribution in [3.05, 3.63) is 46.0 Å². The molecule has 1 aliphatic heterocycles. The van der Waals surface area contributed by atoms with E-state index >= 15 is 0 Å². The number of thioether (sulfide) groups is 1. The molecule has 1 aromatic rings. The van der Waals surface area contributed by atoms with Crippen LogP contribution in [0.2, 0.25) is 0 Å². The van der Waals surface area contributed by atoms with Gasteiger partial charge in [0.1, 0.15) is 0 Å². The largest absolute Gasteiger partial charge is 0.303 e. The molecule has 1 aromatic carbocycles. The average molecular weight is 262 g/mol. The Kier molecular flexibility index (Phi) is 3.09. The number of nitro groups is 1. The number of hydrogen-bond acceptors (Lipinski definition) is 4. The van der Waals surface area contributed by atoms with Gasteiger partial charge in [0.15, 0.2) is 0 Å². The number of benzene rings is 1. The number of non-ortho nitro benzene ring substituents is 1. The van der Waals surface area contributed by atoms with Gasteiger partial charge in [-0.3, -0.25) is 10.1 Å². The molecule has 0 aromatic heterocycles. The second kappa shape index (κ2) is 4.74. The number of nitrogens with zero attached hydrogens (tertiary/aromatic N) is 1. The molecule has 2 aliphatic rings. The first-order valence-corrected chi connectivity index (χ1v) is 6.97.